The van der Waals surface area contributed by atoms with Gasteiger partial charge in [-0.2, -0.15) is 13.2 Å². The molecule has 0 saturated carbocycles. The topological polar surface area (TPSA) is 54.7 Å². The number of hydrogen-bond acceptors (Lipinski definition) is 2. The second kappa shape index (κ2) is 4.77. The van der Waals surface area contributed by atoms with Gasteiger partial charge in [-0.25, -0.2) is 4.98 Å². The number of aromatic amines is 1. The molecule has 108 valence electrons. The molecule has 3 aromatic rings. The van der Waals surface area contributed by atoms with E-state index >= 15 is 0 Å². The SMILES string of the molecule is Nc1ccc2nc(-c3ccc(Br)c(C(F)(F)F)c3)[nH]c2c1. The van der Waals surface area contributed by atoms with Crippen molar-refractivity contribution in [1.29, 1.82) is 0 Å². The third-order valence-corrected chi connectivity index (χ3v) is 3.74. The van der Waals surface area contributed by atoms with Crippen molar-refractivity contribution in [2.24, 2.45) is 0 Å². The molecule has 0 aliphatic carbocycles. The molecule has 0 atom stereocenters. The third kappa shape index (κ3) is 2.61. The normalized spacial score (nSPS) is 12.0. The van der Waals surface area contributed by atoms with Gasteiger partial charge in [-0.05, 0) is 30.3 Å². The summed E-state index contributed by atoms with van der Waals surface area (Å²) in [6.07, 6.45) is -4.43. The van der Waals surface area contributed by atoms with Gasteiger partial charge in [-0.1, -0.05) is 22.0 Å². The first-order chi connectivity index (χ1) is 9.84. The monoisotopic (exact) mass is 355 g/mol. The fourth-order valence-electron chi connectivity index (χ4n) is 2.05. The van der Waals surface area contributed by atoms with Gasteiger partial charge in [0, 0.05) is 15.7 Å². The van der Waals surface area contributed by atoms with Crippen molar-refractivity contribution in [2.45, 2.75) is 6.18 Å². The largest absolute Gasteiger partial charge is 0.417 e. The van der Waals surface area contributed by atoms with E-state index in [1.165, 1.54) is 6.07 Å². The average molecular weight is 356 g/mol. The minimum atomic E-state index is -4.43. The highest BCUT2D eigenvalue weighted by atomic mass is 79.9. The second-order valence-electron chi connectivity index (χ2n) is 4.55. The zero-order valence-corrected chi connectivity index (χ0v) is 12.1. The van der Waals surface area contributed by atoms with Crippen LogP contribution in [0.5, 0.6) is 0 Å². The number of H-pyrrole nitrogens is 1. The Morgan fingerprint density at radius 1 is 1.10 bits per heavy atom. The van der Waals surface area contributed by atoms with Crippen LogP contribution in [0.3, 0.4) is 0 Å². The van der Waals surface area contributed by atoms with E-state index in [2.05, 4.69) is 25.9 Å². The van der Waals surface area contributed by atoms with E-state index < -0.39 is 11.7 Å². The number of imidazole rings is 1. The zero-order chi connectivity index (χ0) is 15.2. The predicted octanol–water partition coefficient (Wildman–Crippen LogP) is 4.59. The summed E-state index contributed by atoms with van der Waals surface area (Å²) in [5.74, 6) is 0.369. The van der Waals surface area contributed by atoms with Gasteiger partial charge < -0.3 is 10.7 Å². The molecule has 0 radical (unpaired) electrons. The molecule has 0 aliphatic heterocycles. The minimum absolute atomic E-state index is 0.000828. The Labute approximate surface area is 126 Å². The third-order valence-electron chi connectivity index (χ3n) is 3.05. The summed E-state index contributed by atoms with van der Waals surface area (Å²) in [5, 5.41) is 0. The number of alkyl halides is 3. The summed E-state index contributed by atoms with van der Waals surface area (Å²) in [6, 6.07) is 9.09. The van der Waals surface area contributed by atoms with Crippen LogP contribution >= 0.6 is 15.9 Å². The number of nitrogens with one attached hydrogen (secondary N) is 1. The smallest absolute Gasteiger partial charge is 0.399 e. The van der Waals surface area contributed by atoms with Crippen LogP contribution < -0.4 is 5.73 Å². The van der Waals surface area contributed by atoms with Crippen LogP contribution in [0.1, 0.15) is 5.56 Å². The van der Waals surface area contributed by atoms with Crippen LogP contribution in [-0.4, -0.2) is 9.97 Å². The first-order valence-electron chi connectivity index (χ1n) is 5.97. The number of rotatable bonds is 1. The van der Waals surface area contributed by atoms with Gasteiger partial charge in [-0.15, -0.1) is 0 Å². The molecular weight excluding hydrogens is 347 g/mol. The number of anilines is 1. The number of benzene rings is 2. The van der Waals surface area contributed by atoms with Crippen LogP contribution in [0.2, 0.25) is 0 Å². The zero-order valence-electron chi connectivity index (χ0n) is 10.5. The van der Waals surface area contributed by atoms with Gasteiger partial charge in [0.25, 0.3) is 0 Å². The highest BCUT2D eigenvalue weighted by Crippen LogP contribution is 2.37. The average Bonchev–Trinajstić information content (AvgIpc) is 2.80. The molecule has 3 nitrogen and oxygen atoms in total. The van der Waals surface area contributed by atoms with Crippen LogP contribution in [0.25, 0.3) is 22.4 Å². The Bertz CT molecular complexity index is 824. The van der Waals surface area contributed by atoms with E-state index in [4.69, 9.17) is 5.73 Å². The highest BCUT2D eigenvalue weighted by molar-refractivity contribution is 9.10. The molecule has 0 aliphatic rings. The van der Waals surface area contributed by atoms with Gasteiger partial charge in [0.15, 0.2) is 0 Å². The molecule has 1 heterocycles. The van der Waals surface area contributed by atoms with Gasteiger partial charge in [-0.3, -0.25) is 0 Å². The second-order valence-corrected chi connectivity index (χ2v) is 5.41. The fraction of sp³-hybridized carbons (Fsp3) is 0.0714. The molecule has 0 amide bonds. The van der Waals surface area contributed by atoms with Crippen molar-refractivity contribution in [3.05, 3.63) is 46.4 Å². The lowest BCUT2D eigenvalue weighted by atomic mass is 10.1. The van der Waals surface area contributed by atoms with Crippen molar-refractivity contribution in [3.63, 3.8) is 0 Å². The van der Waals surface area contributed by atoms with Gasteiger partial charge in [0.2, 0.25) is 0 Å². The summed E-state index contributed by atoms with van der Waals surface area (Å²) < 4.78 is 38.8. The summed E-state index contributed by atoms with van der Waals surface area (Å²) >= 11 is 2.92. The lowest BCUT2D eigenvalue weighted by molar-refractivity contribution is -0.138. The maximum atomic E-state index is 12.9. The number of nitrogen functional groups attached to an aromatic ring is 1. The Morgan fingerprint density at radius 2 is 1.86 bits per heavy atom. The van der Waals surface area contributed by atoms with E-state index in [-0.39, 0.29) is 4.47 Å². The maximum absolute atomic E-state index is 12.9. The van der Waals surface area contributed by atoms with E-state index in [1.807, 2.05) is 0 Å². The van der Waals surface area contributed by atoms with Crippen LogP contribution in [0.15, 0.2) is 40.9 Å². The molecule has 0 unspecified atom stereocenters. The van der Waals surface area contributed by atoms with E-state index in [9.17, 15) is 13.2 Å². The molecule has 0 bridgehead atoms. The maximum Gasteiger partial charge on any atom is 0.417 e. The highest BCUT2D eigenvalue weighted by Gasteiger charge is 2.33. The molecule has 0 spiro atoms. The Morgan fingerprint density at radius 3 is 2.57 bits per heavy atom. The van der Waals surface area contributed by atoms with Crippen LogP contribution in [-0.2, 0) is 6.18 Å². The quantitative estimate of drug-likeness (QED) is 0.627. The Hall–Kier alpha value is -2.02. The first kappa shape index (κ1) is 13.9. The van der Waals surface area contributed by atoms with Gasteiger partial charge in [0.1, 0.15) is 5.82 Å². The minimum Gasteiger partial charge on any atom is -0.399 e. The molecule has 2 aromatic carbocycles. The van der Waals surface area contributed by atoms with Gasteiger partial charge in [0.05, 0.1) is 16.6 Å². The number of nitrogens with zero attached hydrogens (tertiary/aromatic N) is 1. The van der Waals surface area contributed by atoms with E-state index in [1.54, 1.807) is 24.3 Å². The molecular formula is C14H9BrF3N3. The number of aromatic nitrogens is 2. The standard InChI is InChI=1S/C14H9BrF3N3/c15-10-3-1-7(5-9(10)14(16,17)18)13-20-11-4-2-8(19)6-12(11)21-13/h1-6H,19H2,(H,20,21). The summed E-state index contributed by atoms with van der Waals surface area (Å²) in [7, 11) is 0. The van der Waals surface area contributed by atoms with Crippen molar-refractivity contribution in [2.75, 3.05) is 5.73 Å². The molecule has 3 rings (SSSR count). The Kier molecular flexibility index (Phi) is 3.16. The summed E-state index contributed by atoms with van der Waals surface area (Å²) in [4.78, 5) is 7.26. The molecule has 3 N–H and O–H groups in total. The number of hydrogen-bond donors (Lipinski definition) is 2. The number of fused-ring (bicyclic) bond motifs is 1. The molecule has 0 fully saturated rings. The molecule has 0 saturated heterocycles. The van der Waals surface area contributed by atoms with Crippen molar-refractivity contribution in [1.82, 2.24) is 9.97 Å². The summed E-state index contributed by atoms with van der Waals surface area (Å²) in [5.41, 5.74) is 7.19. The lowest BCUT2D eigenvalue weighted by Crippen LogP contribution is -2.06. The Balaban J connectivity index is 2.14. The van der Waals surface area contributed by atoms with E-state index in [0.29, 0.717) is 28.1 Å². The van der Waals surface area contributed by atoms with E-state index in [0.717, 1.165) is 6.07 Å². The summed E-state index contributed by atoms with van der Waals surface area (Å²) in [6.45, 7) is 0. The van der Waals surface area contributed by atoms with Gasteiger partial charge >= 0.3 is 6.18 Å². The molecule has 7 heteroatoms. The predicted molar refractivity (Wildman–Crippen MR) is 78.6 cm³/mol. The van der Waals surface area contributed by atoms with Crippen LogP contribution in [0, 0.1) is 0 Å². The number of halogens is 4. The number of nitrogens with two attached hydrogens (primary N) is 1. The molecule has 1 aromatic heterocycles. The van der Waals surface area contributed by atoms with Crippen LogP contribution in [0.4, 0.5) is 18.9 Å². The lowest BCUT2D eigenvalue weighted by Gasteiger charge is -2.10. The van der Waals surface area contributed by atoms with Crippen molar-refractivity contribution < 1.29 is 13.2 Å². The fourth-order valence-corrected chi connectivity index (χ4v) is 2.53. The molecule has 21 heavy (non-hydrogen) atoms. The first-order valence-corrected chi connectivity index (χ1v) is 6.76. The van der Waals surface area contributed by atoms with Crippen molar-refractivity contribution in [3.8, 4) is 11.4 Å². The van der Waals surface area contributed by atoms with Crippen molar-refractivity contribution >= 4 is 32.7 Å².